The summed E-state index contributed by atoms with van der Waals surface area (Å²) in [6.45, 7) is 4.77. The van der Waals surface area contributed by atoms with Gasteiger partial charge < -0.3 is 19.5 Å². The molecule has 0 unspecified atom stereocenters. The third-order valence-electron chi connectivity index (χ3n) is 6.54. The summed E-state index contributed by atoms with van der Waals surface area (Å²) >= 11 is 0. The summed E-state index contributed by atoms with van der Waals surface area (Å²) in [5.74, 6) is 0.227. The lowest BCUT2D eigenvalue weighted by Crippen LogP contribution is -2.39. The summed E-state index contributed by atoms with van der Waals surface area (Å²) in [6, 6.07) is 19.7. The van der Waals surface area contributed by atoms with E-state index in [4.69, 9.17) is 14.2 Å². The molecule has 4 rings (SSSR count). The van der Waals surface area contributed by atoms with E-state index in [0.29, 0.717) is 35.9 Å². The molecule has 0 bridgehead atoms. The van der Waals surface area contributed by atoms with E-state index in [9.17, 15) is 18.0 Å². The van der Waals surface area contributed by atoms with Gasteiger partial charge in [0, 0.05) is 13.2 Å². The topological polar surface area (TPSA) is 136 Å². The van der Waals surface area contributed by atoms with Gasteiger partial charge in [0.15, 0.2) is 6.61 Å². The molecule has 12 heteroatoms. The van der Waals surface area contributed by atoms with E-state index in [2.05, 4.69) is 15.8 Å². The summed E-state index contributed by atoms with van der Waals surface area (Å²) in [7, 11) is -4.06. The zero-order valence-corrected chi connectivity index (χ0v) is 25.0. The minimum Gasteiger partial charge on any atom is -0.494 e. The summed E-state index contributed by atoms with van der Waals surface area (Å²) in [6.07, 6.45) is 3.44. The quantitative estimate of drug-likeness (QED) is 0.212. The average Bonchev–Trinajstić information content (AvgIpc) is 3.53. The van der Waals surface area contributed by atoms with Gasteiger partial charge in [-0.15, -0.1) is 0 Å². The number of anilines is 1. The molecule has 3 aromatic rings. The number of hydrogen-bond donors (Lipinski definition) is 2. The second-order valence-corrected chi connectivity index (χ2v) is 11.7. The number of nitrogens with one attached hydrogen (secondary N) is 2. The van der Waals surface area contributed by atoms with Crippen LogP contribution in [0.15, 0.2) is 82.8 Å². The highest BCUT2D eigenvalue weighted by atomic mass is 32.2. The normalized spacial score (nSPS) is 14.8. The SMILES string of the molecule is CCOc1ccc(N(CC(=O)N/N=C\c2ccc(OCC(=O)NC[C@H]3CCCO3)cc2)S(=O)(=O)c2ccc(C)cc2)cc1. The molecule has 0 aromatic heterocycles. The van der Waals surface area contributed by atoms with Crippen molar-refractivity contribution in [3.05, 3.63) is 83.9 Å². The third kappa shape index (κ3) is 9.29. The van der Waals surface area contributed by atoms with E-state index in [0.717, 1.165) is 29.3 Å². The number of rotatable bonds is 14. The average molecular weight is 609 g/mol. The van der Waals surface area contributed by atoms with Crippen LogP contribution in [0.5, 0.6) is 11.5 Å². The number of hydrogen-bond acceptors (Lipinski definition) is 8. The van der Waals surface area contributed by atoms with Crippen molar-refractivity contribution in [1.29, 1.82) is 0 Å². The first-order chi connectivity index (χ1) is 20.7. The van der Waals surface area contributed by atoms with Crippen molar-refractivity contribution in [2.75, 3.05) is 37.2 Å². The monoisotopic (exact) mass is 608 g/mol. The van der Waals surface area contributed by atoms with Crippen LogP contribution in [-0.4, -0.2) is 65.5 Å². The van der Waals surface area contributed by atoms with Gasteiger partial charge in [-0.3, -0.25) is 13.9 Å². The number of sulfonamides is 1. The lowest BCUT2D eigenvalue weighted by molar-refractivity contribution is -0.123. The molecule has 1 fully saturated rings. The zero-order chi connectivity index (χ0) is 30.7. The Morgan fingerprint density at radius 2 is 1.65 bits per heavy atom. The Bertz CT molecular complexity index is 1490. The molecular weight excluding hydrogens is 572 g/mol. The Morgan fingerprint density at radius 3 is 2.30 bits per heavy atom. The second-order valence-electron chi connectivity index (χ2n) is 9.84. The van der Waals surface area contributed by atoms with E-state index in [1.165, 1.54) is 18.3 Å². The Kier molecular flexibility index (Phi) is 11.1. The minimum atomic E-state index is -4.06. The van der Waals surface area contributed by atoms with Crippen LogP contribution in [0.3, 0.4) is 0 Å². The molecule has 0 spiro atoms. The van der Waals surface area contributed by atoms with Crippen LogP contribution in [0, 0.1) is 6.92 Å². The maximum absolute atomic E-state index is 13.5. The van der Waals surface area contributed by atoms with Crippen LogP contribution in [-0.2, 0) is 24.3 Å². The highest BCUT2D eigenvalue weighted by Crippen LogP contribution is 2.26. The fourth-order valence-corrected chi connectivity index (χ4v) is 5.68. The predicted molar refractivity (Wildman–Crippen MR) is 163 cm³/mol. The van der Waals surface area contributed by atoms with Crippen molar-refractivity contribution in [3.8, 4) is 11.5 Å². The van der Waals surface area contributed by atoms with Gasteiger partial charge in [-0.25, -0.2) is 13.8 Å². The fraction of sp³-hybridized carbons (Fsp3) is 0.323. The largest absolute Gasteiger partial charge is 0.494 e. The van der Waals surface area contributed by atoms with Gasteiger partial charge in [0.1, 0.15) is 18.0 Å². The van der Waals surface area contributed by atoms with Crippen LogP contribution in [0.1, 0.15) is 30.9 Å². The number of aryl methyl sites for hydroxylation is 1. The van der Waals surface area contributed by atoms with Crippen molar-refractivity contribution < 1.29 is 32.2 Å². The maximum atomic E-state index is 13.5. The standard InChI is InChI=1S/C31H36N4O7S/c1-3-40-26-14-10-25(11-15-26)35(43(38,39)29-16-6-23(2)7-17-29)21-30(36)34-33-19-24-8-12-27(13-9-24)42-22-31(37)32-20-28-5-4-18-41-28/h6-17,19,28H,3-5,18,20-22H2,1-2H3,(H,32,37)(H,34,36)/b33-19-/t28-/m1/s1. The molecular formula is C31H36N4O7S. The molecule has 1 heterocycles. The van der Waals surface area contributed by atoms with Crippen molar-refractivity contribution in [3.63, 3.8) is 0 Å². The lowest BCUT2D eigenvalue weighted by atomic mass is 10.2. The van der Waals surface area contributed by atoms with Gasteiger partial charge in [0.05, 0.1) is 29.5 Å². The molecule has 1 aliphatic heterocycles. The number of ether oxygens (including phenoxy) is 3. The number of nitrogens with zero attached hydrogens (tertiary/aromatic N) is 2. The van der Waals surface area contributed by atoms with Crippen molar-refractivity contribution in [2.24, 2.45) is 5.10 Å². The summed E-state index contributed by atoms with van der Waals surface area (Å²) in [4.78, 5) is 24.9. The minimum absolute atomic E-state index is 0.0610. The fourth-order valence-electron chi connectivity index (χ4n) is 4.26. The van der Waals surface area contributed by atoms with Crippen molar-refractivity contribution >= 4 is 33.7 Å². The summed E-state index contributed by atoms with van der Waals surface area (Å²) < 4.78 is 44.6. The Balaban J connectivity index is 1.34. The van der Waals surface area contributed by atoms with Crippen LogP contribution in [0.25, 0.3) is 0 Å². The van der Waals surface area contributed by atoms with Gasteiger partial charge in [-0.2, -0.15) is 5.10 Å². The molecule has 0 aliphatic carbocycles. The smallest absolute Gasteiger partial charge is 0.264 e. The van der Waals surface area contributed by atoms with Gasteiger partial charge in [0.25, 0.3) is 21.8 Å². The van der Waals surface area contributed by atoms with E-state index in [1.54, 1.807) is 60.7 Å². The molecule has 11 nitrogen and oxygen atoms in total. The highest BCUT2D eigenvalue weighted by Gasteiger charge is 2.27. The lowest BCUT2D eigenvalue weighted by Gasteiger charge is -2.24. The molecule has 228 valence electrons. The molecule has 1 atom stereocenters. The van der Waals surface area contributed by atoms with Gasteiger partial charge >= 0.3 is 0 Å². The Morgan fingerprint density at radius 1 is 0.977 bits per heavy atom. The van der Waals surface area contributed by atoms with Crippen LogP contribution in [0.4, 0.5) is 5.69 Å². The van der Waals surface area contributed by atoms with E-state index >= 15 is 0 Å². The van der Waals surface area contributed by atoms with Crippen molar-refractivity contribution in [1.82, 2.24) is 10.7 Å². The van der Waals surface area contributed by atoms with E-state index in [-0.39, 0.29) is 23.5 Å². The van der Waals surface area contributed by atoms with Crippen LogP contribution < -0.4 is 24.5 Å². The Hall–Kier alpha value is -4.42. The van der Waals surface area contributed by atoms with Gasteiger partial charge in [-0.1, -0.05) is 17.7 Å². The molecule has 1 aliphatic rings. The number of benzene rings is 3. The molecule has 0 radical (unpaired) electrons. The van der Waals surface area contributed by atoms with Crippen LogP contribution >= 0.6 is 0 Å². The molecule has 0 saturated carbocycles. The van der Waals surface area contributed by atoms with E-state index < -0.39 is 22.5 Å². The first-order valence-corrected chi connectivity index (χ1v) is 15.4. The van der Waals surface area contributed by atoms with Crippen molar-refractivity contribution in [2.45, 2.75) is 37.7 Å². The zero-order valence-electron chi connectivity index (χ0n) is 24.2. The number of hydrazone groups is 1. The molecule has 2 N–H and O–H groups in total. The van der Waals surface area contributed by atoms with Gasteiger partial charge in [0.2, 0.25) is 0 Å². The third-order valence-corrected chi connectivity index (χ3v) is 8.32. The van der Waals surface area contributed by atoms with Gasteiger partial charge in [-0.05, 0) is 92.9 Å². The molecule has 43 heavy (non-hydrogen) atoms. The second kappa shape index (κ2) is 15.2. The number of carbonyl (C=O) groups excluding carboxylic acids is 2. The van der Waals surface area contributed by atoms with E-state index in [1.807, 2.05) is 13.8 Å². The number of carbonyl (C=O) groups is 2. The molecule has 1 saturated heterocycles. The predicted octanol–water partition coefficient (Wildman–Crippen LogP) is 3.41. The molecule has 2 amide bonds. The summed E-state index contributed by atoms with van der Waals surface area (Å²) in [5.41, 5.74) is 4.27. The Labute approximate surface area is 251 Å². The number of amides is 2. The first-order valence-electron chi connectivity index (χ1n) is 14.0. The highest BCUT2D eigenvalue weighted by molar-refractivity contribution is 7.92. The van der Waals surface area contributed by atoms with Crippen LogP contribution in [0.2, 0.25) is 0 Å². The summed E-state index contributed by atoms with van der Waals surface area (Å²) in [5, 5.41) is 6.78. The first kappa shape index (κ1) is 31.5. The maximum Gasteiger partial charge on any atom is 0.264 e. The molecule has 3 aromatic carbocycles.